The summed E-state index contributed by atoms with van der Waals surface area (Å²) in [4.78, 5) is 16.2. The van der Waals surface area contributed by atoms with Gasteiger partial charge in [-0.15, -0.1) is 10.2 Å². The van der Waals surface area contributed by atoms with E-state index in [1.165, 1.54) is 12.5 Å². The summed E-state index contributed by atoms with van der Waals surface area (Å²) in [6.45, 7) is 1.81. The molecule has 2 N–H and O–H groups in total. The number of aromatic nitrogens is 3. The fraction of sp³-hybridized carbons (Fsp3) is 0.176. The van der Waals surface area contributed by atoms with Crippen molar-refractivity contribution in [2.75, 3.05) is 12.4 Å². The lowest BCUT2D eigenvalue weighted by molar-refractivity contribution is 0.0938. The summed E-state index contributed by atoms with van der Waals surface area (Å²) in [7, 11) is 1.61. The molecule has 0 bridgehead atoms. The van der Waals surface area contributed by atoms with Crippen LogP contribution in [-0.2, 0) is 0 Å². The number of furan rings is 1. The average Bonchev–Trinajstić information content (AvgIpc) is 3.18. The summed E-state index contributed by atoms with van der Waals surface area (Å²) < 4.78 is 10.0. The quantitative estimate of drug-likeness (QED) is 0.712. The summed E-state index contributed by atoms with van der Waals surface area (Å²) in [5.74, 6) is 0.882. The number of rotatable bonds is 6. The number of carbonyl (C=O) groups is 1. The third kappa shape index (κ3) is 4.11. The van der Waals surface area contributed by atoms with Gasteiger partial charge in [0.2, 0.25) is 5.95 Å². The van der Waals surface area contributed by atoms with Gasteiger partial charge < -0.3 is 19.8 Å². The van der Waals surface area contributed by atoms with Gasteiger partial charge in [0.05, 0.1) is 31.2 Å². The molecular formula is C17H17N5O3. The number of nitrogens with zero attached hydrogens (tertiary/aromatic N) is 3. The highest BCUT2D eigenvalue weighted by molar-refractivity contribution is 5.93. The molecule has 8 nitrogen and oxygen atoms in total. The molecule has 0 aliphatic carbocycles. The fourth-order valence-corrected chi connectivity index (χ4v) is 2.09. The van der Waals surface area contributed by atoms with E-state index in [-0.39, 0.29) is 11.9 Å². The number of benzene rings is 1. The summed E-state index contributed by atoms with van der Waals surface area (Å²) in [5.41, 5.74) is 1.82. The summed E-state index contributed by atoms with van der Waals surface area (Å²) >= 11 is 0. The molecule has 0 fully saturated rings. The number of methoxy groups -OCH3 is 1. The van der Waals surface area contributed by atoms with Crippen molar-refractivity contribution < 1.29 is 13.9 Å². The zero-order chi connectivity index (χ0) is 17.6. The van der Waals surface area contributed by atoms with Crippen LogP contribution in [0.1, 0.15) is 29.0 Å². The minimum atomic E-state index is -0.336. The van der Waals surface area contributed by atoms with E-state index in [2.05, 4.69) is 25.8 Å². The van der Waals surface area contributed by atoms with E-state index in [4.69, 9.17) is 9.15 Å². The number of hydrogen-bond acceptors (Lipinski definition) is 7. The van der Waals surface area contributed by atoms with E-state index in [0.29, 0.717) is 17.2 Å². The zero-order valence-electron chi connectivity index (χ0n) is 13.8. The van der Waals surface area contributed by atoms with Gasteiger partial charge in [0, 0.05) is 5.69 Å². The lowest BCUT2D eigenvalue weighted by atomic mass is 10.2. The van der Waals surface area contributed by atoms with Crippen LogP contribution >= 0.6 is 0 Å². The van der Waals surface area contributed by atoms with Gasteiger partial charge in [-0.05, 0) is 37.3 Å². The molecule has 25 heavy (non-hydrogen) atoms. The van der Waals surface area contributed by atoms with Crippen LogP contribution in [0, 0.1) is 0 Å². The zero-order valence-corrected chi connectivity index (χ0v) is 13.8. The maximum Gasteiger partial charge on any atom is 0.255 e. The van der Waals surface area contributed by atoms with Gasteiger partial charge in [-0.25, -0.2) is 4.98 Å². The standard InChI is InChI=1S/C17H17N5O3/c1-11(19-16(23)12-7-8-25-10-12)15-9-18-17(22-21-15)20-13-3-5-14(24-2)6-4-13/h3-11H,1-2H3,(H,19,23)(H,18,20,22). The number of carbonyl (C=O) groups excluding carboxylic acids is 1. The molecule has 0 saturated heterocycles. The maximum atomic E-state index is 12.0. The first-order valence-electron chi connectivity index (χ1n) is 7.59. The van der Waals surface area contributed by atoms with Gasteiger partial charge in [-0.3, -0.25) is 4.79 Å². The minimum Gasteiger partial charge on any atom is -0.497 e. The molecule has 1 unspecified atom stereocenters. The SMILES string of the molecule is COc1ccc(Nc2ncc(C(C)NC(=O)c3ccoc3)nn2)cc1. The fourth-order valence-electron chi connectivity index (χ4n) is 2.09. The number of amides is 1. The van der Waals surface area contributed by atoms with E-state index in [1.54, 1.807) is 26.3 Å². The smallest absolute Gasteiger partial charge is 0.255 e. The lowest BCUT2D eigenvalue weighted by Crippen LogP contribution is -2.27. The predicted molar refractivity (Wildman–Crippen MR) is 90.7 cm³/mol. The third-order valence-corrected chi connectivity index (χ3v) is 3.50. The second-order valence-electron chi connectivity index (χ2n) is 5.27. The first kappa shape index (κ1) is 16.4. The first-order valence-corrected chi connectivity index (χ1v) is 7.59. The number of ether oxygens (including phenoxy) is 1. The van der Waals surface area contributed by atoms with E-state index < -0.39 is 0 Å². The van der Waals surface area contributed by atoms with Gasteiger partial charge in [0.1, 0.15) is 17.7 Å². The largest absolute Gasteiger partial charge is 0.497 e. The van der Waals surface area contributed by atoms with Crippen molar-refractivity contribution in [2.24, 2.45) is 0 Å². The highest BCUT2D eigenvalue weighted by Gasteiger charge is 2.14. The number of nitrogens with one attached hydrogen (secondary N) is 2. The Balaban J connectivity index is 1.61. The molecule has 1 aromatic carbocycles. The molecule has 8 heteroatoms. The number of hydrogen-bond donors (Lipinski definition) is 2. The summed E-state index contributed by atoms with van der Waals surface area (Å²) in [6, 6.07) is 8.62. The van der Waals surface area contributed by atoms with Crippen LogP contribution in [0.5, 0.6) is 5.75 Å². The van der Waals surface area contributed by atoms with Gasteiger partial charge in [0.15, 0.2) is 0 Å². The van der Waals surface area contributed by atoms with Crippen molar-refractivity contribution in [1.82, 2.24) is 20.5 Å². The normalized spacial score (nSPS) is 11.6. The molecule has 3 aromatic rings. The van der Waals surface area contributed by atoms with Gasteiger partial charge >= 0.3 is 0 Å². The van der Waals surface area contributed by atoms with Crippen LogP contribution in [0.25, 0.3) is 0 Å². The molecule has 1 amide bonds. The Morgan fingerprint density at radius 3 is 2.60 bits per heavy atom. The maximum absolute atomic E-state index is 12.0. The minimum absolute atomic E-state index is 0.247. The molecule has 0 aliphatic rings. The van der Waals surface area contributed by atoms with Crippen LogP contribution in [0.4, 0.5) is 11.6 Å². The third-order valence-electron chi connectivity index (χ3n) is 3.50. The molecule has 3 rings (SSSR count). The predicted octanol–water partition coefficient (Wildman–Crippen LogP) is 2.71. The monoisotopic (exact) mass is 339 g/mol. The van der Waals surface area contributed by atoms with Crippen LogP contribution in [0.3, 0.4) is 0 Å². The highest BCUT2D eigenvalue weighted by atomic mass is 16.5. The van der Waals surface area contributed by atoms with Crippen LogP contribution in [0.15, 0.2) is 53.5 Å². The average molecular weight is 339 g/mol. The second kappa shape index (κ2) is 7.43. The molecule has 0 aliphatic heterocycles. The summed E-state index contributed by atoms with van der Waals surface area (Å²) in [5, 5.41) is 14.0. The Hall–Kier alpha value is -3.42. The van der Waals surface area contributed by atoms with Gasteiger partial charge in [-0.1, -0.05) is 0 Å². The molecule has 0 spiro atoms. The van der Waals surface area contributed by atoms with Crippen molar-refractivity contribution in [3.63, 3.8) is 0 Å². The Kier molecular flexibility index (Phi) is 4.89. The Bertz CT molecular complexity index is 817. The molecule has 2 heterocycles. The first-order chi connectivity index (χ1) is 12.2. The molecule has 1 atom stereocenters. The lowest BCUT2D eigenvalue weighted by Gasteiger charge is -2.12. The second-order valence-corrected chi connectivity index (χ2v) is 5.27. The van der Waals surface area contributed by atoms with Crippen molar-refractivity contribution in [3.8, 4) is 5.75 Å². The Morgan fingerprint density at radius 2 is 2.00 bits per heavy atom. The highest BCUT2D eigenvalue weighted by Crippen LogP contribution is 2.18. The van der Waals surface area contributed by atoms with E-state index >= 15 is 0 Å². The molecule has 128 valence electrons. The van der Waals surface area contributed by atoms with Gasteiger partial charge in [0.25, 0.3) is 5.91 Å². The topological polar surface area (TPSA) is 102 Å². The van der Waals surface area contributed by atoms with Crippen LogP contribution in [-0.4, -0.2) is 28.2 Å². The van der Waals surface area contributed by atoms with E-state index in [0.717, 1.165) is 11.4 Å². The van der Waals surface area contributed by atoms with E-state index in [1.807, 2.05) is 24.3 Å². The molecular weight excluding hydrogens is 322 g/mol. The van der Waals surface area contributed by atoms with Crippen molar-refractivity contribution in [1.29, 1.82) is 0 Å². The van der Waals surface area contributed by atoms with E-state index in [9.17, 15) is 4.79 Å². The number of anilines is 2. The Morgan fingerprint density at radius 1 is 1.20 bits per heavy atom. The van der Waals surface area contributed by atoms with Crippen LogP contribution in [0.2, 0.25) is 0 Å². The van der Waals surface area contributed by atoms with Crippen molar-refractivity contribution >= 4 is 17.5 Å². The van der Waals surface area contributed by atoms with Crippen molar-refractivity contribution in [2.45, 2.75) is 13.0 Å². The summed E-state index contributed by atoms with van der Waals surface area (Å²) in [6.07, 6.45) is 4.40. The van der Waals surface area contributed by atoms with Gasteiger partial charge in [-0.2, -0.15) is 0 Å². The van der Waals surface area contributed by atoms with Crippen molar-refractivity contribution in [3.05, 3.63) is 60.3 Å². The Labute approximate surface area is 144 Å². The molecule has 0 radical (unpaired) electrons. The van der Waals surface area contributed by atoms with Crippen LogP contribution < -0.4 is 15.4 Å². The molecule has 0 saturated carbocycles. The molecule has 2 aromatic heterocycles.